The van der Waals surface area contributed by atoms with Gasteiger partial charge < -0.3 is 9.84 Å². The molecule has 2 fully saturated rings. The Morgan fingerprint density at radius 1 is 0.946 bits per heavy atom. The fraction of sp³-hybridized carbons (Fsp3) is 0.500. The van der Waals surface area contributed by atoms with E-state index in [2.05, 4.69) is 56.4 Å². The average Bonchev–Trinajstić information content (AvgIpc) is 3.22. The Bertz CT molecular complexity index is 1150. The second kappa shape index (κ2) is 12.5. The molecule has 2 aliphatic heterocycles. The molecule has 3 heterocycles. The van der Waals surface area contributed by atoms with Gasteiger partial charge in [-0.15, -0.1) is 0 Å². The monoisotopic (exact) mass is 501 g/mol. The van der Waals surface area contributed by atoms with Crippen LogP contribution < -0.4 is 5.32 Å². The molecule has 0 spiro atoms. The Morgan fingerprint density at radius 3 is 2.51 bits per heavy atom. The number of amides is 1. The summed E-state index contributed by atoms with van der Waals surface area (Å²) < 4.78 is 5.52. The van der Waals surface area contributed by atoms with Crippen molar-refractivity contribution in [3.8, 4) is 11.4 Å². The highest BCUT2D eigenvalue weighted by molar-refractivity contribution is 5.79. The summed E-state index contributed by atoms with van der Waals surface area (Å²) in [4.78, 5) is 22.4. The molecule has 5 rings (SSSR count). The molecule has 1 N–H and O–H groups in total. The zero-order valence-corrected chi connectivity index (χ0v) is 22.0. The van der Waals surface area contributed by atoms with Crippen LogP contribution >= 0.6 is 0 Å². The number of benzene rings is 2. The molecule has 1 aromatic heterocycles. The lowest BCUT2D eigenvalue weighted by atomic mass is 9.97. The van der Waals surface area contributed by atoms with Crippen molar-refractivity contribution >= 4 is 5.91 Å². The van der Waals surface area contributed by atoms with Gasteiger partial charge in [0.2, 0.25) is 17.6 Å². The highest BCUT2D eigenvalue weighted by Gasteiger charge is 2.27. The molecule has 0 aliphatic carbocycles. The molecule has 2 aromatic carbocycles. The molecule has 1 unspecified atom stereocenters. The molecule has 1 amide bonds. The molecule has 1 atom stereocenters. The van der Waals surface area contributed by atoms with Crippen LogP contribution in [0.1, 0.15) is 61.1 Å². The topological polar surface area (TPSA) is 74.5 Å². The lowest BCUT2D eigenvalue weighted by Gasteiger charge is -2.30. The van der Waals surface area contributed by atoms with Crippen molar-refractivity contribution in [2.75, 3.05) is 26.2 Å². The Balaban J connectivity index is 1.11. The largest absolute Gasteiger partial charge is 0.352 e. The Morgan fingerprint density at radius 2 is 1.70 bits per heavy atom. The number of carbonyl (C=O) groups excluding carboxylic acids is 1. The molecule has 7 nitrogen and oxygen atoms in total. The van der Waals surface area contributed by atoms with Crippen molar-refractivity contribution in [2.24, 2.45) is 5.92 Å². The van der Waals surface area contributed by atoms with E-state index in [1.807, 2.05) is 24.3 Å². The van der Waals surface area contributed by atoms with E-state index in [-0.39, 0.29) is 11.8 Å². The fourth-order valence-corrected chi connectivity index (χ4v) is 5.47. The van der Waals surface area contributed by atoms with Crippen molar-refractivity contribution in [1.29, 1.82) is 0 Å². The quantitative estimate of drug-likeness (QED) is 0.471. The predicted molar refractivity (Wildman–Crippen MR) is 145 cm³/mol. The summed E-state index contributed by atoms with van der Waals surface area (Å²) in [6.07, 6.45) is 7.20. The molecule has 3 aromatic rings. The molecule has 2 aliphatic rings. The van der Waals surface area contributed by atoms with E-state index in [4.69, 9.17) is 4.52 Å². The van der Waals surface area contributed by atoms with Crippen LogP contribution in [0.25, 0.3) is 11.4 Å². The molecule has 0 bridgehead atoms. The summed E-state index contributed by atoms with van der Waals surface area (Å²) in [6.45, 7) is 8.23. The number of piperidine rings is 1. The molecular formula is C30H39N5O2. The van der Waals surface area contributed by atoms with E-state index < -0.39 is 0 Å². The van der Waals surface area contributed by atoms with E-state index in [0.717, 1.165) is 31.5 Å². The highest BCUT2D eigenvalue weighted by Crippen LogP contribution is 2.21. The van der Waals surface area contributed by atoms with Gasteiger partial charge in [0.25, 0.3) is 0 Å². The lowest BCUT2D eigenvalue weighted by molar-refractivity contribution is -0.127. The smallest absolute Gasteiger partial charge is 0.241 e. The maximum Gasteiger partial charge on any atom is 0.241 e. The van der Waals surface area contributed by atoms with Crippen molar-refractivity contribution in [3.63, 3.8) is 0 Å². The minimum atomic E-state index is -0.0199. The first kappa shape index (κ1) is 25.6. The van der Waals surface area contributed by atoms with Crippen molar-refractivity contribution < 1.29 is 9.32 Å². The van der Waals surface area contributed by atoms with E-state index in [1.165, 1.54) is 55.5 Å². The number of nitrogens with one attached hydrogen (secondary N) is 1. The fourth-order valence-electron chi connectivity index (χ4n) is 5.47. The average molecular weight is 502 g/mol. The number of hydrogen-bond acceptors (Lipinski definition) is 6. The van der Waals surface area contributed by atoms with Crippen molar-refractivity contribution in [3.05, 3.63) is 71.1 Å². The van der Waals surface area contributed by atoms with Gasteiger partial charge in [0.1, 0.15) is 0 Å². The maximum absolute atomic E-state index is 13.0. The van der Waals surface area contributed by atoms with Gasteiger partial charge in [-0.05, 0) is 63.4 Å². The van der Waals surface area contributed by atoms with Gasteiger partial charge in [0.05, 0.1) is 12.5 Å². The first-order valence-electron chi connectivity index (χ1n) is 13.8. The summed E-state index contributed by atoms with van der Waals surface area (Å²) in [6, 6.07) is 16.8. The van der Waals surface area contributed by atoms with Crippen LogP contribution in [0.15, 0.2) is 53.1 Å². The second-order valence-electron chi connectivity index (χ2n) is 10.7. The Kier molecular flexibility index (Phi) is 8.64. The number of aryl methyl sites for hydroxylation is 1. The van der Waals surface area contributed by atoms with Crippen LogP contribution in [-0.2, 0) is 24.4 Å². The predicted octanol–water partition coefficient (Wildman–Crippen LogP) is 4.95. The summed E-state index contributed by atoms with van der Waals surface area (Å²) in [5.74, 6) is 1.32. The molecular weight excluding hydrogens is 462 g/mol. The Hall–Kier alpha value is -3.03. The molecule has 196 valence electrons. The van der Waals surface area contributed by atoms with E-state index in [9.17, 15) is 4.79 Å². The van der Waals surface area contributed by atoms with Crippen molar-refractivity contribution in [2.45, 2.75) is 65.1 Å². The molecule has 2 saturated heterocycles. The number of hydrogen-bond donors (Lipinski definition) is 1. The van der Waals surface area contributed by atoms with Gasteiger partial charge in [-0.2, -0.15) is 4.98 Å². The first-order valence-corrected chi connectivity index (χ1v) is 13.8. The van der Waals surface area contributed by atoms with Crippen LogP contribution in [0.2, 0.25) is 0 Å². The van der Waals surface area contributed by atoms with E-state index in [1.54, 1.807) is 0 Å². The van der Waals surface area contributed by atoms with Crippen LogP contribution in [0.4, 0.5) is 0 Å². The summed E-state index contributed by atoms with van der Waals surface area (Å²) >= 11 is 0. The van der Waals surface area contributed by atoms with Gasteiger partial charge >= 0.3 is 0 Å². The van der Waals surface area contributed by atoms with Crippen LogP contribution in [0.3, 0.4) is 0 Å². The van der Waals surface area contributed by atoms with Crippen LogP contribution in [-0.4, -0.2) is 52.0 Å². The normalized spacial score (nSPS) is 19.4. The molecule has 0 saturated carbocycles. The third kappa shape index (κ3) is 7.27. The SMILES string of the molecule is Cc1ccc(-c2noc(CN3CCCC(C(=O)NCc4cccc(CN5CCCCCC5)c4)C3)n2)cc1. The minimum absolute atomic E-state index is 0.0199. The number of likely N-dealkylation sites (tertiary alicyclic amines) is 2. The summed E-state index contributed by atoms with van der Waals surface area (Å²) in [5.41, 5.74) is 4.66. The minimum Gasteiger partial charge on any atom is -0.352 e. The number of nitrogens with zero attached hydrogens (tertiary/aromatic N) is 4. The second-order valence-corrected chi connectivity index (χ2v) is 10.7. The zero-order chi connectivity index (χ0) is 25.5. The van der Waals surface area contributed by atoms with Gasteiger partial charge in [-0.3, -0.25) is 14.6 Å². The van der Waals surface area contributed by atoms with Gasteiger partial charge in [0.15, 0.2) is 0 Å². The van der Waals surface area contributed by atoms with E-state index in [0.29, 0.717) is 31.3 Å². The van der Waals surface area contributed by atoms with Crippen LogP contribution in [0.5, 0.6) is 0 Å². The number of aromatic nitrogens is 2. The Labute approximate surface area is 220 Å². The first-order chi connectivity index (χ1) is 18.1. The highest BCUT2D eigenvalue weighted by atomic mass is 16.5. The number of rotatable bonds is 8. The van der Waals surface area contributed by atoms with E-state index >= 15 is 0 Å². The summed E-state index contributed by atoms with van der Waals surface area (Å²) in [5, 5.41) is 7.35. The van der Waals surface area contributed by atoms with Crippen molar-refractivity contribution in [1.82, 2.24) is 25.3 Å². The number of carbonyl (C=O) groups is 1. The molecule has 7 heteroatoms. The standard InChI is InChI=1S/C30H39N5O2/c1-23-11-13-26(14-12-23)29-32-28(37-33-29)22-35-17-7-10-27(21-35)30(36)31-19-24-8-6-9-25(18-24)20-34-15-4-2-3-5-16-34/h6,8-9,11-14,18,27H,2-5,7,10,15-17,19-22H2,1H3,(H,31,36). The zero-order valence-electron chi connectivity index (χ0n) is 22.0. The third-order valence-corrected chi connectivity index (χ3v) is 7.58. The third-order valence-electron chi connectivity index (χ3n) is 7.58. The molecule has 37 heavy (non-hydrogen) atoms. The van der Waals surface area contributed by atoms with Gasteiger partial charge in [-0.25, -0.2) is 0 Å². The lowest BCUT2D eigenvalue weighted by Crippen LogP contribution is -2.42. The molecule has 0 radical (unpaired) electrons. The van der Waals surface area contributed by atoms with Crippen LogP contribution in [0, 0.1) is 12.8 Å². The van der Waals surface area contributed by atoms with Gasteiger partial charge in [0, 0.05) is 25.2 Å². The summed E-state index contributed by atoms with van der Waals surface area (Å²) in [7, 11) is 0. The van der Waals surface area contributed by atoms with Gasteiger partial charge in [-0.1, -0.05) is 72.1 Å². The maximum atomic E-state index is 13.0.